The summed E-state index contributed by atoms with van der Waals surface area (Å²) in [5.41, 5.74) is 7.97. The van der Waals surface area contributed by atoms with Crippen molar-refractivity contribution in [2.75, 3.05) is 0 Å². The summed E-state index contributed by atoms with van der Waals surface area (Å²) in [6.45, 7) is 1.84. The Bertz CT molecular complexity index is 883. The molecule has 1 aliphatic carbocycles. The molecule has 0 radical (unpaired) electrons. The number of halogens is 1. The standard InChI is InChI=1S/C17H17FN4O/c1-10-13(8-11-4-5-12(18)9-14(11)20-10)15-21-16(22-23-15)17(19)6-2-3-7-17/h4-5,8-9H,2-3,6-7,19H2,1H3. The predicted octanol–water partition coefficient (Wildman–Crippen LogP) is 3.46. The van der Waals surface area contributed by atoms with Crippen molar-refractivity contribution in [1.82, 2.24) is 15.1 Å². The summed E-state index contributed by atoms with van der Waals surface area (Å²) in [5, 5.41) is 4.91. The highest BCUT2D eigenvalue weighted by atomic mass is 19.1. The highest BCUT2D eigenvalue weighted by molar-refractivity contribution is 5.83. The van der Waals surface area contributed by atoms with Gasteiger partial charge < -0.3 is 10.3 Å². The Kier molecular flexibility index (Phi) is 3.16. The van der Waals surface area contributed by atoms with Gasteiger partial charge >= 0.3 is 0 Å². The van der Waals surface area contributed by atoms with E-state index in [4.69, 9.17) is 10.3 Å². The van der Waals surface area contributed by atoms with E-state index in [9.17, 15) is 4.39 Å². The lowest BCUT2D eigenvalue weighted by atomic mass is 9.98. The first kappa shape index (κ1) is 14.3. The summed E-state index contributed by atoms with van der Waals surface area (Å²) in [6, 6.07) is 6.42. The maximum atomic E-state index is 13.3. The first-order valence-corrected chi connectivity index (χ1v) is 7.75. The number of nitrogens with zero attached hydrogens (tertiary/aromatic N) is 3. The van der Waals surface area contributed by atoms with Crippen molar-refractivity contribution in [1.29, 1.82) is 0 Å². The number of fused-ring (bicyclic) bond motifs is 1. The minimum atomic E-state index is -0.483. The maximum Gasteiger partial charge on any atom is 0.259 e. The molecule has 1 saturated carbocycles. The van der Waals surface area contributed by atoms with Gasteiger partial charge in [0.1, 0.15) is 5.82 Å². The third-order valence-electron chi connectivity index (χ3n) is 4.57. The van der Waals surface area contributed by atoms with Crippen LogP contribution >= 0.6 is 0 Å². The van der Waals surface area contributed by atoms with Crippen LogP contribution in [0.4, 0.5) is 4.39 Å². The number of nitrogens with two attached hydrogens (primary N) is 1. The molecule has 4 rings (SSSR count). The van der Waals surface area contributed by atoms with Crippen LogP contribution < -0.4 is 5.73 Å². The van der Waals surface area contributed by atoms with E-state index in [2.05, 4.69) is 15.1 Å². The van der Waals surface area contributed by atoms with E-state index in [1.54, 1.807) is 6.07 Å². The van der Waals surface area contributed by atoms with E-state index < -0.39 is 5.54 Å². The maximum absolute atomic E-state index is 13.3. The molecule has 0 amide bonds. The van der Waals surface area contributed by atoms with Gasteiger partial charge in [-0.3, -0.25) is 4.98 Å². The van der Waals surface area contributed by atoms with Crippen LogP contribution in [0.15, 0.2) is 28.8 Å². The molecule has 1 fully saturated rings. The van der Waals surface area contributed by atoms with Gasteiger partial charge in [0.25, 0.3) is 5.89 Å². The summed E-state index contributed by atoms with van der Waals surface area (Å²) in [4.78, 5) is 8.94. The smallest absolute Gasteiger partial charge is 0.259 e. The topological polar surface area (TPSA) is 77.8 Å². The molecule has 23 heavy (non-hydrogen) atoms. The molecule has 0 unspecified atom stereocenters. The van der Waals surface area contributed by atoms with Crippen molar-refractivity contribution in [3.8, 4) is 11.5 Å². The van der Waals surface area contributed by atoms with Crippen molar-refractivity contribution in [2.24, 2.45) is 5.73 Å². The van der Waals surface area contributed by atoms with Gasteiger partial charge in [-0.2, -0.15) is 4.98 Å². The van der Waals surface area contributed by atoms with Gasteiger partial charge in [-0.15, -0.1) is 0 Å². The van der Waals surface area contributed by atoms with E-state index in [-0.39, 0.29) is 5.82 Å². The van der Waals surface area contributed by atoms with Gasteiger partial charge in [-0.05, 0) is 38.0 Å². The van der Waals surface area contributed by atoms with Gasteiger partial charge in [0, 0.05) is 11.5 Å². The van der Waals surface area contributed by atoms with Crippen LogP contribution in [-0.4, -0.2) is 15.1 Å². The molecule has 1 aliphatic rings. The van der Waals surface area contributed by atoms with Crippen molar-refractivity contribution in [3.05, 3.63) is 41.6 Å². The lowest BCUT2D eigenvalue weighted by Crippen LogP contribution is -2.34. The number of pyridine rings is 1. The molecule has 0 aliphatic heterocycles. The molecule has 2 N–H and O–H groups in total. The van der Waals surface area contributed by atoms with Crippen LogP contribution in [0.25, 0.3) is 22.4 Å². The van der Waals surface area contributed by atoms with Gasteiger partial charge in [-0.25, -0.2) is 4.39 Å². The first-order valence-electron chi connectivity index (χ1n) is 7.75. The van der Waals surface area contributed by atoms with Gasteiger partial charge in [-0.1, -0.05) is 18.0 Å². The second-order valence-electron chi connectivity index (χ2n) is 6.24. The van der Waals surface area contributed by atoms with Crippen molar-refractivity contribution >= 4 is 10.9 Å². The summed E-state index contributed by atoms with van der Waals surface area (Å²) in [7, 11) is 0. The zero-order valence-electron chi connectivity index (χ0n) is 12.8. The van der Waals surface area contributed by atoms with Gasteiger partial charge in [0.15, 0.2) is 5.82 Å². The zero-order chi connectivity index (χ0) is 16.0. The van der Waals surface area contributed by atoms with Crippen LogP contribution in [0.3, 0.4) is 0 Å². The number of benzene rings is 1. The summed E-state index contributed by atoms with van der Waals surface area (Å²) in [5.74, 6) is 0.667. The Morgan fingerprint density at radius 3 is 2.74 bits per heavy atom. The molecule has 2 aromatic heterocycles. The minimum Gasteiger partial charge on any atom is -0.334 e. The molecule has 5 nitrogen and oxygen atoms in total. The minimum absolute atomic E-state index is 0.302. The lowest BCUT2D eigenvalue weighted by molar-refractivity contribution is 0.372. The average Bonchev–Trinajstić information content (AvgIpc) is 3.16. The number of rotatable bonds is 2. The monoisotopic (exact) mass is 312 g/mol. The summed E-state index contributed by atoms with van der Waals surface area (Å²) in [6.07, 6.45) is 3.92. The number of hydrogen-bond acceptors (Lipinski definition) is 5. The van der Waals surface area contributed by atoms with Crippen LogP contribution in [-0.2, 0) is 5.54 Å². The number of aromatic nitrogens is 3. The van der Waals surface area contributed by atoms with Crippen LogP contribution in [0.1, 0.15) is 37.2 Å². The van der Waals surface area contributed by atoms with E-state index in [1.165, 1.54) is 12.1 Å². The highest BCUT2D eigenvalue weighted by Gasteiger charge is 2.36. The largest absolute Gasteiger partial charge is 0.334 e. The van der Waals surface area contributed by atoms with Crippen LogP contribution in [0.2, 0.25) is 0 Å². The molecule has 2 heterocycles. The van der Waals surface area contributed by atoms with E-state index in [0.717, 1.165) is 42.3 Å². The van der Waals surface area contributed by atoms with Gasteiger partial charge in [0.2, 0.25) is 0 Å². The number of aryl methyl sites for hydroxylation is 1. The fourth-order valence-corrected chi connectivity index (χ4v) is 3.22. The van der Waals surface area contributed by atoms with E-state index >= 15 is 0 Å². The predicted molar refractivity (Wildman–Crippen MR) is 84.1 cm³/mol. The Hall–Kier alpha value is -2.34. The van der Waals surface area contributed by atoms with Crippen molar-refractivity contribution in [3.63, 3.8) is 0 Å². The zero-order valence-corrected chi connectivity index (χ0v) is 12.8. The summed E-state index contributed by atoms with van der Waals surface area (Å²) >= 11 is 0. The third kappa shape index (κ3) is 2.39. The lowest BCUT2D eigenvalue weighted by Gasteiger charge is -2.17. The molecule has 0 atom stereocenters. The third-order valence-corrected chi connectivity index (χ3v) is 4.57. The normalized spacial score (nSPS) is 17.0. The second kappa shape index (κ2) is 5.09. The van der Waals surface area contributed by atoms with E-state index in [0.29, 0.717) is 17.2 Å². The molecule has 6 heteroatoms. The average molecular weight is 312 g/mol. The Morgan fingerprint density at radius 2 is 1.96 bits per heavy atom. The SMILES string of the molecule is Cc1nc2cc(F)ccc2cc1-c1nc(C2(N)CCCC2)no1. The molecule has 0 spiro atoms. The fourth-order valence-electron chi connectivity index (χ4n) is 3.22. The van der Waals surface area contributed by atoms with Crippen molar-refractivity contribution < 1.29 is 8.91 Å². The molecule has 1 aromatic carbocycles. The first-order chi connectivity index (χ1) is 11.0. The van der Waals surface area contributed by atoms with Crippen molar-refractivity contribution in [2.45, 2.75) is 38.1 Å². The Morgan fingerprint density at radius 1 is 1.17 bits per heavy atom. The Balaban J connectivity index is 1.78. The Labute approximate surface area is 132 Å². The quantitative estimate of drug-likeness (QED) is 0.784. The fraction of sp³-hybridized carbons (Fsp3) is 0.353. The van der Waals surface area contributed by atoms with Gasteiger partial charge in [0.05, 0.1) is 22.3 Å². The van der Waals surface area contributed by atoms with Crippen LogP contribution in [0.5, 0.6) is 0 Å². The molecular formula is C17H17FN4O. The molecule has 0 bridgehead atoms. The molecule has 3 aromatic rings. The number of hydrogen-bond donors (Lipinski definition) is 1. The molecular weight excluding hydrogens is 295 g/mol. The van der Waals surface area contributed by atoms with E-state index in [1.807, 2.05) is 13.0 Å². The molecule has 118 valence electrons. The van der Waals surface area contributed by atoms with Crippen LogP contribution in [0, 0.1) is 12.7 Å². The highest BCUT2D eigenvalue weighted by Crippen LogP contribution is 2.36. The second-order valence-corrected chi connectivity index (χ2v) is 6.24. The summed E-state index contributed by atoms with van der Waals surface area (Å²) < 4.78 is 18.7. The molecule has 0 saturated heterocycles.